The Hall–Kier alpha value is -2.24. The molecule has 0 aliphatic rings. The van der Waals surface area contributed by atoms with E-state index in [1.54, 1.807) is 0 Å². The molecular formula is C11H7ClN4O3S. The van der Waals surface area contributed by atoms with Gasteiger partial charge in [0.05, 0.1) is 17.0 Å². The third-order valence-corrected chi connectivity index (χ3v) is 3.45. The van der Waals surface area contributed by atoms with E-state index in [0.29, 0.717) is 5.02 Å². The standard InChI is InChI=1S/C11H7ClN4O3S/c12-7-2-1-6(4-13)8(3-7)16-10(19)14-15-11(16)20-5-9(17)18/h1-3H,5H2,(H,14,19)(H,17,18). The van der Waals surface area contributed by atoms with Gasteiger partial charge in [0.1, 0.15) is 6.07 Å². The monoisotopic (exact) mass is 310 g/mol. The molecular weight excluding hydrogens is 304 g/mol. The van der Waals surface area contributed by atoms with E-state index in [1.807, 2.05) is 6.07 Å². The SMILES string of the molecule is N#Cc1ccc(Cl)cc1-n1c(SCC(=O)O)n[nH]c1=O. The van der Waals surface area contributed by atoms with Gasteiger partial charge < -0.3 is 5.11 Å². The van der Waals surface area contributed by atoms with Gasteiger partial charge >= 0.3 is 11.7 Å². The molecule has 2 N–H and O–H groups in total. The van der Waals surface area contributed by atoms with Crippen molar-refractivity contribution in [2.24, 2.45) is 0 Å². The summed E-state index contributed by atoms with van der Waals surface area (Å²) in [4.78, 5) is 22.4. The number of carboxylic acid groups (broad SMARTS) is 1. The summed E-state index contributed by atoms with van der Waals surface area (Å²) in [6, 6.07) is 6.39. The molecule has 1 aromatic carbocycles. The molecule has 0 aliphatic heterocycles. The van der Waals surface area contributed by atoms with Gasteiger partial charge in [-0.3, -0.25) is 4.79 Å². The molecule has 0 unspecified atom stereocenters. The van der Waals surface area contributed by atoms with Crippen LogP contribution in [0.1, 0.15) is 5.56 Å². The number of hydrogen-bond acceptors (Lipinski definition) is 5. The summed E-state index contributed by atoms with van der Waals surface area (Å²) < 4.78 is 1.12. The summed E-state index contributed by atoms with van der Waals surface area (Å²) in [6.45, 7) is 0. The number of benzene rings is 1. The first-order chi connectivity index (χ1) is 9.52. The molecule has 0 amide bonds. The van der Waals surface area contributed by atoms with Crippen LogP contribution in [-0.4, -0.2) is 31.6 Å². The molecule has 102 valence electrons. The molecule has 0 saturated carbocycles. The normalized spacial score (nSPS) is 10.2. The van der Waals surface area contributed by atoms with Gasteiger partial charge in [-0.05, 0) is 18.2 Å². The highest BCUT2D eigenvalue weighted by Gasteiger charge is 2.15. The predicted octanol–water partition coefficient (Wildman–Crippen LogP) is 1.26. The number of nitrogens with zero attached hydrogens (tertiary/aromatic N) is 3. The zero-order chi connectivity index (χ0) is 14.7. The third-order valence-electron chi connectivity index (χ3n) is 2.29. The molecule has 1 aromatic heterocycles. The molecule has 20 heavy (non-hydrogen) atoms. The summed E-state index contributed by atoms with van der Waals surface area (Å²) in [7, 11) is 0. The topological polar surface area (TPSA) is 112 Å². The number of halogens is 1. The van der Waals surface area contributed by atoms with Crippen LogP contribution in [0.15, 0.2) is 28.2 Å². The number of nitriles is 1. The smallest absolute Gasteiger partial charge is 0.348 e. The van der Waals surface area contributed by atoms with Gasteiger partial charge in [0.15, 0.2) is 5.16 Å². The van der Waals surface area contributed by atoms with E-state index in [9.17, 15) is 9.59 Å². The van der Waals surface area contributed by atoms with Crippen LogP contribution in [0.3, 0.4) is 0 Å². The summed E-state index contributed by atoms with van der Waals surface area (Å²) in [5, 5.41) is 24.2. The third kappa shape index (κ3) is 2.84. The molecule has 1 heterocycles. The lowest BCUT2D eigenvalue weighted by molar-refractivity contribution is -0.133. The number of thioether (sulfide) groups is 1. The van der Waals surface area contributed by atoms with Gasteiger partial charge in [-0.15, -0.1) is 5.10 Å². The molecule has 2 rings (SSSR count). The number of rotatable bonds is 4. The van der Waals surface area contributed by atoms with Crippen molar-refractivity contribution < 1.29 is 9.90 Å². The van der Waals surface area contributed by atoms with Crippen molar-refractivity contribution in [1.82, 2.24) is 14.8 Å². The largest absolute Gasteiger partial charge is 0.481 e. The fourth-order valence-corrected chi connectivity index (χ4v) is 2.34. The Labute approximate surface area is 121 Å². The fourth-order valence-electron chi connectivity index (χ4n) is 1.50. The zero-order valence-corrected chi connectivity index (χ0v) is 11.4. The van der Waals surface area contributed by atoms with E-state index in [1.165, 1.54) is 18.2 Å². The minimum Gasteiger partial charge on any atom is -0.481 e. The predicted molar refractivity (Wildman–Crippen MR) is 72.3 cm³/mol. The van der Waals surface area contributed by atoms with Crippen LogP contribution in [0, 0.1) is 11.3 Å². The molecule has 0 saturated heterocycles. The van der Waals surface area contributed by atoms with Gasteiger partial charge in [-0.1, -0.05) is 23.4 Å². The Kier molecular flexibility index (Phi) is 4.12. The van der Waals surface area contributed by atoms with E-state index in [0.717, 1.165) is 16.3 Å². The summed E-state index contributed by atoms with van der Waals surface area (Å²) in [5.41, 5.74) is -0.0848. The molecule has 7 nitrogen and oxygen atoms in total. The average Bonchev–Trinajstić information content (AvgIpc) is 2.77. The first-order valence-corrected chi connectivity index (χ1v) is 6.61. The Balaban J connectivity index is 2.55. The maximum absolute atomic E-state index is 11.8. The van der Waals surface area contributed by atoms with Crippen LogP contribution in [0.5, 0.6) is 0 Å². The maximum atomic E-state index is 11.8. The number of aromatic nitrogens is 3. The first-order valence-electron chi connectivity index (χ1n) is 5.25. The van der Waals surface area contributed by atoms with Gasteiger partial charge in [0, 0.05) is 5.02 Å². The van der Waals surface area contributed by atoms with E-state index < -0.39 is 11.7 Å². The lowest BCUT2D eigenvalue weighted by atomic mass is 10.2. The number of H-pyrrole nitrogens is 1. The Morgan fingerprint density at radius 1 is 1.60 bits per heavy atom. The van der Waals surface area contributed by atoms with E-state index in [-0.39, 0.29) is 22.2 Å². The molecule has 0 fully saturated rings. The van der Waals surface area contributed by atoms with Gasteiger partial charge in [-0.25, -0.2) is 14.5 Å². The van der Waals surface area contributed by atoms with Crippen LogP contribution in [0.4, 0.5) is 0 Å². The van der Waals surface area contributed by atoms with Crippen LogP contribution in [0.2, 0.25) is 5.02 Å². The number of nitrogens with one attached hydrogen (secondary N) is 1. The first kappa shape index (κ1) is 14.2. The zero-order valence-electron chi connectivity index (χ0n) is 9.83. The van der Waals surface area contributed by atoms with Crippen molar-refractivity contribution in [3.05, 3.63) is 39.3 Å². The molecule has 9 heteroatoms. The molecule has 0 bridgehead atoms. The number of hydrogen-bond donors (Lipinski definition) is 2. The highest BCUT2D eigenvalue weighted by Crippen LogP contribution is 2.23. The summed E-state index contributed by atoms with van der Waals surface area (Å²) in [5.74, 6) is -1.30. The summed E-state index contributed by atoms with van der Waals surface area (Å²) >= 11 is 6.73. The molecule has 0 radical (unpaired) electrons. The van der Waals surface area contributed by atoms with E-state index >= 15 is 0 Å². The lowest BCUT2D eigenvalue weighted by Crippen LogP contribution is -2.17. The molecule has 0 atom stereocenters. The second-order valence-electron chi connectivity index (χ2n) is 3.60. The fraction of sp³-hybridized carbons (Fsp3) is 0.0909. The Bertz CT molecular complexity index is 762. The van der Waals surface area contributed by atoms with Crippen molar-refractivity contribution in [3.63, 3.8) is 0 Å². The number of carbonyl (C=O) groups is 1. The highest BCUT2D eigenvalue weighted by atomic mass is 35.5. The van der Waals surface area contributed by atoms with Gasteiger partial charge in [0.2, 0.25) is 0 Å². The average molecular weight is 311 g/mol. The minimum absolute atomic E-state index is 0.149. The van der Waals surface area contributed by atoms with Crippen LogP contribution in [0.25, 0.3) is 5.69 Å². The molecule has 0 aliphatic carbocycles. The van der Waals surface area contributed by atoms with Crippen molar-refractivity contribution in [2.75, 3.05) is 5.75 Å². The Morgan fingerprint density at radius 2 is 2.35 bits per heavy atom. The summed E-state index contributed by atoms with van der Waals surface area (Å²) in [6.07, 6.45) is 0. The van der Waals surface area contributed by atoms with E-state index in [4.69, 9.17) is 22.0 Å². The number of carboxylic acids is 1. The van der Waals surface area contributed by atoms with Crippen LogP contribution in [-0.2, 0) is 4.79 Å². The minimum atomic E-state index is -1.04. The highest BCUT2D eigenvalue weighted by molar-refractivity contribution is 7.99. The second kappa shape index (κ2) is 5.81. The van der Waals surface area contributed by atoms with Crippen molar-refractivity contribution >= 4 is 29.3 Å². The Morgan fingerprint density at radius 3 is 3.00 bits per heavy atom. The number of aliphatic carboxylic acids is 1. The maximum Gasteiger partial charge on any atom is 0.348 e. The molecule has 0 spiro atoms. The lowest BCUT2D eigenvalue weighted by Gasteiger charge is -2.06. The second-order valence-corrected chi connectivity index (χ2v) is 4.98. The van der Waals surface area contributed by atoms with Crippen molar-refractivity contribution in [3.8, 4) is 11.8 Å². The van der Waals surface area contributed by atoms with E-state index in [2.05, 4.69) is 10.2 Å². The van der Waals surface area contributed by atoms with Crippen LogP contribution < -0.4 is 5.69 Å². The van der Waals surface area contributed by atoms with Crippen molar-refractivity contribution in [2.45, 2.75) is 5.16 Å². The van der Waals surface area contributed by atoms with Crippen molar-refractivity contribution in [1.29, 1.82) is 5.26 Å². The molecule has 2 aromatic rings. The van der Waals surface area contributed by atoms with Gasteiger partial charge in [-0.2, -0.15) is 5.26 Å². The quantitative estimate of drug-likeness (QED) is 0.822. The number of aromatic amines is 1. The van der Waals surface area contributed by atoms with Crippen LogP contribution >= 0.6 is 23.4 Å². The van der Waals surface area contributed by atoms with Gasteiger partial charge in [0.25, 0.3) is 0 Å².